The second-order valence-corrected chi connectivity index (χ2v) is 5.34. The minimum Gasteiger partial charge on any atom is -0.338 e. The SMILES string of the molecule is CC(=O)Nc1cccc(C(=O)N2CCN(C(=O)CCl)CC2)c1. The molecule has 1 fully saturated rings. The van der Waals surface area contributed by atoms with E-state index in [9.17, 15) is 14.4 Å². The summed E-state index contributed by atoms with van der Waals surface area (Å²) in [5.74, 6) is -0.434. The zero-order chi connectivity index (χ0) is 16.1. The average Bonchev–Trinajstić information content (AvgIpc) is 2.53. The summed E-state index contributed by atoms with van der Waals surface area (Å²) in [4.78, 5) is 38.4. The van der Waals surface area contributed by atoms with Crippen LogP contribution in [0.3, 0.4) is 0 Å². The standard InChI is InChI=1S/C15H18ClN3O3/c1-11(20)17-13-4-2-3-12(9-13)15(22)19-7-5-18(6-8-19)14(21)10-16/h2-4,9H,5-8,10H2,1H3,(H,17,20). The highest BCUT2D eigenvalue weighted by molar-refractivity contribution is 6.27. The Morgan fingerprint density at radius 3 is 2.36 bits per heavy atom. The van der Waals surface area contributed by atoms with Crippen molar-refractivity contribution in [3.63, 3.8) is 0 Å². The second kappa shape index (κ2) is 7.26. The normalized spacial score (nSPS) is 14.6. The van der Waals surface area contributed by atoms with E-state index in [1.807, 2.05) is 0 Å². The Balaban J connectivity index is 2.01. The fourth-order valence-electron chi connectivity index (χ4n) is 2.36. The van der Waals surface area contributed by atoms with E-state index >= 15 is 0 Å². The van der Waals surface area contributed by atoms with E-state index in [0.29, 0.717) is 37.4 Å². The quantitative estimate of drug-likeness (QED) is 0.849. The lowest BCUT2D eigenvalue weighted by Gasteiger charge is -2.34. The monoisotopic (exact) mass is 323 g/mol. The van der Waals surface area contributed by atoms with Crippen LogP contribution in [-0.2, 0) is 9.59 Å². The zero-order valence-electron chi connectivity index (χ0n) is 12.3. The number of halogens is 1. The van der Waals surface area contributed by atoms with Gasteiger partial charge in [-0.3, -0.25) is 14.4 Å². The van der Waals surface area contributed by atoms with E-state index in [0.717, 1.165) is 0 Å². The summed E-state index contributed by atoms with van der Waals surface area (Å²) in [6.45, 7) is 3.35. The number of rotatable bonds is 3. The number of alkyl halides is 1. The Kier molecular flexibility index (Phi) is 5.38. The number of hydrogen-bond acceptors (Lipinski definition) is 3. The van der Waals surface area contributed by atoms with Crippen LogP contribution >= 0.6 is 11.6 Å². The third-order valence-corrected chi connectivity index (χ3v) is 3.69. The Morgan fingerprint density at radius 2 is 1.77 bits per heavy atom. The molecule has 0 aromatic heterocycles. The molecule has 3 amide bonds. The average molecular weight is 324 g/mol. The predicted molar refractivity (Wildman–Crippen MR) is 83.9 cm³/mol. The van der Waals surface area contributed by atoms with Gasteiger partial charge < -0.3 is 15.1 Å². The van der Waals surface area contributed by atoms with Gasteiger partial charge in [0, 0.05) is 44.4 Å². The van der Waals surface area contributed by atoms with Gasteiger partial charge in [0.15, 0.2) is 0 Å². The van der Waals surface area contributed by atoms with Crippen LogP contribution < -0.4 is 5.32 Å². The van der Waals surface area contributed by atoms with E-state index in [1.165, 1.54) is 6.92 Å². The van der Waals surface area contributed by atoms with Gasteiger partial charge in [0.2, 0.25) is 11.8 Å². The van der Waals surface area contributed by atoms with Crippen molar-refractivity contribution in [2.45, 2.75) is 6.92 Å². The van der Waals surface area contributed by atoms with Gasteiger partial charge in [0.1, 0.15) is 5.88 Å². The van der Waals surface area contributed by atoms with Crippen molar-refractivity contribution < 1.29 is 14.4 Å². The predicted octanol–water partition coefficient (Wildman–Crippen LogP) is 1.17. The van der Waals surface area contributed by atoms with Crippen LogP contribution in [0.2, 0.25) is 0 Å². The Morgan fingerprint density at radius 1 is 1.14 bits per heavy atom. The van der Waals surface area contributed by atoms with Gasteiger partial charge in [0.05, 0.1) is 0 Å². The molecule has 1 aliphatic heterocycles. The van der Waals surface area contributed by atoms with Crippen molar-refractivity contribution in [3.8, 4) is 0 Å². The number of amides is 3. The topological polar surface area (TPSA) is 69.7 Å². The number of nitrogens with one attached hydrogen (secondary N) is 1. The third-order valence-electron chi connectivity index (χ3n) is 3.46. The lowest BCUT2D eigenvalue weighted by atomic mass is 10.1. The molecule has 2 rings (SSSR count). The van der Waals surface area contributed by atoms with E-state index in [1.54, 1.807) is 34.1 Å². The summed E-state index contributed by atoms with van der Waals surface area (Å²) < 4.78 is 0. The van der Waals surface area contributed by atoms with Gasteiger partial charge in [-0.1, -0.05) is 6.07 Å². The van der Waals surface area contributed by atoms with Crippen molar-refractivity contribution in [1.82, 2.24) is 9.80 Å². The molecule has 0 unspecified atom stereocenters. The number of carbonyl (C=O) groups is 3. The maximum atomic E-state index is 12.5. The van der Waals surface area contributed by atoms with E-state index in [-0.39, 0.29) is 23.6 Å². The first-order chi connectivity index (χ1) is 10.5. The number of hydrogen-bond donors (Lipinski definition) is 1. The van der Waals surface area contributed by atoms with Crippen molar-refractivity contribution in [2.24, 2.45) is 0 Å². The summed E-state index contributed by atoms with van der Waals surface area (Å²) in [5, 5.41) is 2.66. The maximum Gasteiger partial charge on any atom is 0.254 e. The molecular formula is C15H18ClN3O3. The first-order valence-electron chi connectivity index (χ1n) is 7.02. The third kappa shape index (κ3) is 3.98. The summed E-state index contributed by atoms with van der Waals surface area (Å²) in [5.41, 5.74) is 1.11. The highest BCUT2D eigenvalue weighted by Gasteiger charge is 2.24. The van der Waals surface area contributed by atoms with Crippen molar-refractivity contribution in [3.05, 3.63) is 29.8 Å². The van der Waals surface area contributed by atoms with Gasteiger partial charge in [-0.15, -0.1) is 11.6 Å². The summed E-state index contributed by atoms with van der Waals surface area (Å²) in [7, 11) is 0. The van der Waals surface area contributed by atoms with Gasteiger partial charge in [-0.2, -0.15) is 0 Å². The van der Waals surface area contributed by atoms with Crippen LogP contribution in [0.1, 0.15) is 17.3 Å². The summed E-state index contributed by atoms with van der Waals surface area (Å²) >= 11 is 5.53. The highest BCUT2D eigenvalue weighted by Crippen LogP contribution is 2.14. The minimum atomic E-state index is -0.183. The number of nitrogens with zero attached hydrogens (tertiary/aromatic N) is 2. The second-order valence-electron chi connectivity index (χ2n) is 5.07. The van der Waals surface area contributed by atoms with Crippen LogP contribution in [0, 0.1) is 0 Å². The Labute approximate surface area is 134 Å². The summed E-state index contributed by atoms with van der Waals surface area (Å²) in [6.07, 6.45) is 0. The number of piperazine rings is 1. The molecule has 0 saturated carbocycles. The molecule has 0 spiro atoms. The number of carbonyl (C=O) groups excluding carboxylic acids is 3. The molecule has 6 nitrogen and oxygen atoms in total. The number of anilines is 1. The van der Waals surface area contributed by atoms with Gasteiger partial charge in [0.25, 0.3) is 5.91 Å². The molecular weight excluding hydrogens is 306 g/mol. The van der Waals surface area contributed by atoms with Crippen LogP contribution in [0.15, 0.2) is 24.3 Å². The minimum absolute atomic E-state index is 0.0350. The molecule has 1 N–H and O–H groups in total. The van der Waals surface area contributed by atoms with Crippen molar-refractivity contribution in [2.75, 3.05) is 37.4 Å². The molecule has 7 heteroatoms. The maximum absolute atomic E-state index is 12.5. The fourth-order valence-corrected chi connectivity index (χ4v) is 2.53. The largest absolute Gasteiger partial charge is 0.338 e. The van der Waals surface area contributed by atoms with E-state index < -0.39 is 0 Å². The first-order valence-corrected chi connectivity index (χ1v) is 7.55. The van der Waals surface area contributed by atoms with E-state index in [4.69, 9.17) is 11.6 Å². The van der Waals surface area contributed by atoms with E-state index in [2.05, 4.69) is 5.32 Å². The van der Waals surface area contributed by atoms with Crippen LogP contribution in [-0.4, -0.2) is 59.6 Å². The van der Waals surface area contributed by atoms with Crippen LogP contribution in [0.25, 0.3) is 0 Å². The number of benzene rings is 1. The zero-order valence-corrected chi connectivity index (χ0v) is 13.1. The lowest BCUT2D eigenvalue weighted by molar-refractivity contribution is -0.129. The van der Waals surface area contributed by atoms with Crippen LogP contribution in [0.4, 0.5) is 5.69 Å². The molecule has 118 valence electrons. The molecule has 22 heavy (non-hydrogen) atoms. The Bertz CT molecular complexity index is 583. The Hall–Kier alpha value is -2.08. The van der Waals surface area contributed by atoms with Gasteiger partial charge in [-0.05, 0) is 18.2 Å². The molecule has 0 bridgehead atoms. The van der Waals surface area contributed by atoms with Crippen LogP contribution in [0.5, 0.6) is 0 Å². The lowest BCUT2D eigenvalue weighted by Crippen LogP contribution is -2.50. The molecule has 0 radical (unpaired) electrons. The van der Waals surface area contributed by atoms with Gasteiger partial charge >= 0.3 is 0 Å². The molecule has 1 heterocycles. The molecule has 0 atom stereocenters. The molecule has 0 aliphatic carbocycles. The molecule has 1 aliphatic rings. The smallest absolute Gasteiger partial charge is 0.254 e. The van der Waals surface area contributed by atoms with Crippen molar-refractivity contribution >= 4 is 35.0 Å². The molecule has 1 aromatic rings. The van der Waals surface area contributed by atoms with Crippen molar-refractivity contribution in [1.29, 1.82) is 0 Å². The summed E-state index contributed by atoms with van der Waals surface area (Å²) in [6, 6.07) is 6.82. The molecule has 1 saturated heterocycles. The fraction of sp³-hybridized carbons (Fsp3) is 0.400. The highest BCUT2D eigenvalue weighted by atomic mass is 35.5. The first kappa shape index (κ1) is 16.3. The molecule has 1 aromatic carbocycles. The van der Waals surface area contributed by atoms with Gasteiger partial charge in [-0.25, -0.2) is 0 Å².